The van der Waals surface area contributed by atoms with Crippen molar-refractivity contribution in [2.75, 3.05) is 18.5 Å². The summed E-state index contributed by atoms with van der Waals surface area (Å²) in [7, 11) is 2.07. The van der Waals surface area contributed by atoms with Crippen molar-refractivity contribution in [3.63, 3.8) is 0 Å². The molecule has 96 valence electrons. The van der Waals surface area contributed by atoms with Crippen molar-refractivity contribution < 1.29 is 0 Å². The Labute approximate surface area is 115 Å². The van der Waals surface area contributed by atoms with Crippen LogP contribution in [0.4, 0.5) is 5.82 Å². The van der Waals surface area contributed by atoms with Crippen LogP contribution in [0.15, 0.2) is 42.3 Å². The zero-order valence-electron chi connectivity index (χ0n) is 10.7. The average molecular weight is 270 g/mol. The molecular weight excluding hydrogens is 256 g/mol. The second-order valence-corrected chi connectivity index (χ2v) is 5.28. The van der Waals surface area contributed by atoms with Crippen LogP contribution in [-0.4, -0.2) is 28.5 Å². The third-order valence-electron chi connectivity index (χ3n) is 3.07. The molecule has 0 aliphatic heterocycles. The highest BCUT2D eigenvalue weighted by Crippen LogP contribution is 2.27. The van der Waals surface area contributed by atoms with E-state index >= 15 is 0 Å². The molecule has 5 heteroatoms. The monoisotopic (exact) mass is 270 g/mol. The maximum atomic E-state index is 4.40. The highest BCUT2D eigenvalue weighted by Gasteiger charge is 2.09. The zero-order valence-corrected chi connectivity index (χ0v) is 11.5. The third kappa shape index (κ3) is 2.56. The minimum atomic E-state index is 0.925. The van der Waals surface area contributed by atoms with Gasteiger partial charge in [0.25, 0.3) is 0 Å². The molecule has 3 rings (SSSR count). The van der Waals surface area contributed by atoms with Crippen molar-refractivity contribution in [3.05, 3.63) is 47.9 Å². The number of anilines is 1. The first-order valence-electron chi connectivity index (χ1n) is 6.13. The summed E-state index contributed by atoms with van der Waals surface area (Å²) in [5.74, 6) is 1.01. The summed E-state index contributed by atoms with van der Waals surface area (Å²) in [6, 6.07) is 6.13. The average Bonchev–Trinajstić information content (AvgIpc) is 2.94. The molecule has 0 bridgehead atoms. The fourth-order valence-corrected chi connectivity index (χ4v) is 2.89. The van der Waals surface area contributed by atoms with Crippen LogP contribution in [0.2, 0.25) is 0 Å². The largest absolute Gasteiger partial charge is 0.358 e. The fourth-order valence-electron chi connectivity index (χ4n) is 2.00. The molecule has 3 aromatic heterocycles. The minimum Gasteiger partial charge on any atom is -0.358 e. The number of thiophene rings is 1. The van der Waals surface area contributed by atoms with Gasteiger partial charge in [-0.2, -0.15) is 0 Å². The molecular formula is C14H14N4S. The first-order chi connectivity index (χ1) is 9.34. The number of rotatable bonds is 4. The summed E-state index contributed by atoms with van der Waals surface area (Å²) >= 11 is 1.69. The van der Waals surface area contributed by atoms with Gasteiger partial charge < -0.3 is 4.90 Å². The number of pyridine rings is 1. The number of likely N-dealkylation sites (N-methyl/N-ethyl adjacent to an activating group) is 1. The smallest absolute Gasteiger partial charge is 0.149 e. The van der Waals surface area contributed by atoms with Crippen molar-refractivity contribution in [2.45, 2.75) is 6.42 Å². The highest BCUT2D eigenvalue weighted by atomic mass is 32.1. The van der Waals surface area contributed by atoms with Gasteiger partial charge in [0.05, 0.1) is 10.2 Å². The normalized spacial score (nSPS) is 10.8. The Kier molecular flexibility index (Phi) is 3.37. The lowest BCUT2D eigenvalue weighted by molar-refractivity contribution is 0.861. The van der Waals surface area contributed by atoms with Crippen LogP contribution in [0.1, 0.15) is 5.56 Å². The van der Waals surface area contributed by atoms with Gasteiger partial charge >= 0.3 is 0 Å². The molecule has 19 heavy (non-hydrogen) atoms. The zero-order chi connectivity index (χ0) is 13.1. The van der Waals surface area contributed by atoms with E-state index in [-0.39, 0.29) is 0 Å². The summed E-state index contributed by atoms with van der Waals surface area (Å²) in [5.41, 5.74) is 2.31. The summed E-state index contributed by atoms with van der Waals surface area (Å²) in [4.78, 5) is 14.9. The highest BCUT2D eigenvalue weighted by molar-refractivity contribution is 7.17. The van der Waals surface area contributed by atoms with E-state index in [0.29, 0.717) is 0 Å². The van der Waals surface area contributed by atoms with Crippen molar-refractivity contribution in [1.82, 2.24) is 15.0 Å². The first kappa shape index (κ1) is 12.0. The lowest BCUT2D eigenvalue weighted by atomic mass is 10.2. The number of hydrogen-bond donors (Lipinski definition) is 0. The van der Waals surface area contributed by atoms with Crippen molar-refractivity contribution in [1.29, 1.82) is 0 Å². The molecule has 0 aromatic carbocycles. The van der Waals surface area contributed by atoms with Crippen molar-refractivity contribution >= 4 is 27.4 Å². The van der Waals surface area contributed by atoms with Gasteiger partial charge in [-0.3, -0.25) is 4.98 Å². The Morgan fingerprint density at radius 1 is 1.16 bits per heavy atom. The van der Waals surface area contributed by atoms with Gasteiger partial charge in [0.15, 0.2) is 0 Å². The Bertz CT molecular complexity index is 665. The molecule has 0 atom stereocenters. The second-order valence-electron chi connectivity index (χ2n) is 4.36. The van der Waals surface area contributed by atoms with Crippen LogP contribution < -0.4 is 4.90 Å². The number of aromatic nitrogens is 3. The van der Waals surface area contributed by atoms with Crippen molar-refractivity contribution in [3.8, 4) is 0 Å². The van der Waals surface area contributed by atoms with E-state index in [2.05, 4.69) is 44.4 Å². The maximum Gasteiger partial charge on any atom is 0.149 e. The first-order valence-corrected chi connectivity index (χ1v) is 7.01. The molecule has 0 unspecified atom stereocenters. The van der Waals surface area contributed by atoms with Crippen LogP contribution in [0.5, 0.6) is 0 Å². The molecule has 0 spiro atoms. The molecule has 0 amide bonds. The molecule has 3 aromatic rings. The molecule has 4 nitrogen and oxygen atoms in total. The van der Waals surface area contributed by atoms with E-state index < -0.39 is 0 Å². The Morgan fingerprint density at radius 2 is 2.00 bits per heavy atom. The number of fused-ring (bicyclic) bond motifs is 1. The van der Waals surface area contributed by atoms with Gasteiger partial charge in [-0.15, -0.1) is 11.3 Å². The lowest BCUT2D eigenvalue weighted by Gasteiger charge is -2.18. The predicted molar refractivity (Wildman–Crippen MR) is 78.6 cm³/mol. The molecule has 0 radical (unpaired) electrons. The Balaban J connectivity index is 1.77. The van der Waals surface area contributed by atoms with Crippen LogP contribution >= 0.6 is 11.3 Å². The molecule has 0 N–H and O–H groups in total. The molecule has 0 fully saturated rings. The lowest BCUT2D eigenvalue weighted by Crippen LogP contribution is -2.21. The quantitative estimate of drug-likeness (QED) is 0.731. The topological polar surface area (TPSA) is 41.9 Å². The molecule has 0 aliphatic rings. The van der Waals surface area contributed by atoms with E-state index in [1.165, 1.54) is 5.56 Å². The van der Waals surface area contributed by atoms with Gasteiger partial charge in [-0.05, 0) is 35.6 Å². The Hall–Kier alpha value is -2.01. The predicted octanol–water partition coefficient (Wildman–Crippen LogP) is 2.77. The second kappa shape index (κ2) is 5.32. The summed E-state index contributed by atoms with van der Waals surface area (Å²) in [6.07, 6.45) is 6.28. The van der Waals surface area contributed by atoms with Crippen LogP contribution in [0.25, 0.3) is 10.2 Å². The fraction of sp³-hybridized carbons (Fsp3) is 0.214. The molecule has 0 aliphatic carbocycles. The minimum absolute atomic E-state index is 0.925. The third-order valence-corrected chi connectivity index (χ3v) is 3.97. The summed E-state index contributed by atoms with van der Waals surface area (Å²) in [6.45, 7) is 0.925. The van der Waals surface area contributed by atoms with Gasteiger partial charge in [-0.1, -0.05) is 0 Å². The molecule has 0 saturated carbocycles. The van der Waals surface area contributed by atoms with E-state index in [0.717, 1.165) is 29.0 Å². The van der Waals surface area contributed by atoms with Gasteiger partial charge in [-0.25, -0.2) is 9.97 Å². The molecule has 0 saturated heterocycles. The van der Waals surface area contributed by atoms with Crippen LogP contribution in [0, 0.1) is 0 Å². The number of hydrogen-bond acceptors (Lipinski definition) is 5. The van der Waals surface area contributed by atoms with E-state index in [4.69, 9.17) is 0 Å². The maximum absolute atomic E-state index is 4.40. The van der Waals surface area contributed by atoms with Gasteiger partial charge in [0.1, 0.15) is 12.1 Å². The molecule has 3 heterocycles. The summed E-state index contributed by atoms with van der Waals surface area (Å²) in [5, 5.41) is 2.06. The van der Waals surface area contributed by atoms with Crippen LogP contribution in [0.3, 0.4) is 0 Å². The van der Waals surface area contributed by atoms with E-state index in [9.17, 15) is 0 Å². The van der Waals surface area contributed by atoms with Gasteiger partial charge in [0.2, 0.25) is 0 Å². The van der Waals surface area contributed by atoms with Crippen molar-refractivity contribution in [2.24, 2.45) is 0 Å². The van der Waals surface area contributed by atoms with E-state index in [1.54, 1.807) is 17.7 Å². The Morgan fingerprint density at radius 3 is 2.84 bits per heavy atom. The standard InChI is InChI=1S/C14H14N4S/c1-18(8-4-11-2-6-15-7-3-11)14-13-12(5-9-19-13)16-10-17-14/h2-3,5-7,9-10H,4,8H2,1H3. The number of nitrogens with zero attached hydrogens (tertiary/aromatic N) is 4. The SMILES string of the molecule is CN(CCc1ccncc1)c1ncnc2ccsc12. The van der Waals surface area contributed by atoms with Gasteiger partial charge in [0, 0.05) is 26.0 Å². The van der Waals surface area contributed by atoms with E-state index in [1.807, 2.05) is 18.5 Å². The summed E-state index contributed by atoms with van der Waals surface area (Å²) < 4.78 is 1.15. The van der Waals surface area contributed by atoms with Crippen LogP contribution in [-0.2, 0) is 6.42 Å².